The van der Waals surface area contributed by atoms with Crippen molar-refractivity contribution in [3.8, 4) is 16.9 Å². The second-order valence-electron chi connectivity index (χ2n) is 8.23. The number of alkyl halides is 3. The normalized spacial score (nSPS) is 14.3. The molecule has 0 unspecified atom stereocenters. The smallest absolute Gasteiger partial charge is 0.462 e. The second-order valence-corrected chi connectivity index (χ2v) is 8.23. The van der Waals surface area contributed by atoms with Crippen molar-refractivity contribution in [1.29, 1.82) is 0 Å². The third-order valence-corrected chi connectivity index (χ3v) is 5.71. The Bertz CT molecular complexity index is 1330. The van der Waals surface area contributed by atoms with E-state index in [1.807, 2.05) is 0 Å². The molecule has 0 saturated heterocycles. The standard InChI is InChI=1S/C24H20F5N3O4/c1-3-35-21(33)16-8-14(9-19(26)20(16)13-11-30-32(2)12-13)31-22(34)23(6-7-23)17-5-4-15(10-18(17)25)36-24(27,28)29/h4-5,8-12H,3,6-7H2,1-2H3,(H,31,34). The molecule has 12 heteroatoms. The Morgan fingerprint density at radius 2 is 1.86 bits per heavy atom. The van der Waals surface area contributed by atoms with Crippen LogP contribution in [0.25, 0.3) is 11.1 Å². The lowest BCUT2D eigenvalue weighted by molar-refractivity contribution is -0.274. The number of rotatable bonds is 7. The fraction of sp³-hybridized carbons (Fsp3) is 0.292. The van der Waals surface area contributed by atoms with Gasteiger partial charge in [-0.05, 0) is 38.0 Å². The first-order valence-corrected chi connectivity index (χ1v) is 10.8. The SMILES string of the molecule is CCOC(=O)c1cc(NC(=O)C2(c3ccc(OC(F)(F)F)cc3F)CC2)cc(F)c1-c1cnn(C)c1. The van der Waals surface area contributed by atoms with Gasteiger partial charge in [0.1, 0.15) is 17.4 Å². The number of anilines is 1. The molecule has 3 aromatic rings. The number of carbonyl (C=O) groups is 2. The van der Waals surface area contributed by atoms with Crippen molar-refractivity contribution in [2.45, 2.75) is 31.5 Å². The van der Waals surface area contributed by atoms with Crippen molar-refractivity contribution >= 4 is 17.6 Å². The van der Waals surface area contributed by atoms with Gasteiger partial charge in [0.15, 0.2) is 0 Å². The Hall–Kier alpha value is -3.96. The molecule has 1 amide bonds. The number of ether oxygens (including phenoxy) is 2. The van der Waals surface area contributed by atoms with Gasteiger partial charge in [0.25, 0.3) is 0 Å². The van der Waals surface area contributed by atoms with Crippen LogP contribution in [0, 0.1) is 11.6 Å². The van der Waals surface area contributed by atoms with Crippen LogP contribution in [-0.2, 0) is 22.0 Å². The van der Waals surface area contributed by atoms with E-state index >= 15 is 4.39 Å². The number of halogens is 5. The molecule has 190 valence electrons. The second kappa shape index (κ2) is 9.25. The van der Waals surface area contributed by atoms with E-state index in [-0.39, 0.29) is 41.8 Å². The molecule has 0 atom stereocenters. The molecule has 0 bridgehead atoms. The first-order chi connectivity index (χ1) is 16.9. The minimum atomic E-state index is -4.99. The predicted molar refractivity (Wildman–Crippen MR) is 117 cm³/mol. The number of amides is 1. The van der Waals surface area contributed by atoms with Crippen LogP contribution in [-0.4, -0.2) is 34.6 Å². The summed E-state index contributed by atoms with van der Waals surface area (Å²) in [5, 5.41) is 6.48. The van der Waals surface area contributed by atoms with Gasteiger partial charge in [-0.3, -0.25) is 9.48 Å². The highest BCUT2D eigenvalue weighted by atomic mass is 19.4. The van der Waals surface area contributed by atoms with Gasteiger partial charge >= 0.3 is 12.3 Å². The van der Waals surface area contributed by atoms with Crippen molar-refractivity contribution in [3.63, 3.8) is 0 Å². The van der Waals surface area contributed by atoms with E-state index in [9.17, 15) is 27.2 Å². The van der Waals surface area contributed by atoms with Gasteiger partial charge in [0.05, 0.1) is 23.8 Å². The fourth-order valence-corrected chi connectivity index (χ4v) is 3.97. The Morgan fingerprint density at radius 3 is 2.42 bits per heavy atom. The van der Waals surface area contributed by atoms with E-state index in [0.717, 1.165) is 18.2 Å². The van der Waals surface area contributed by atoms with Crippen LogP contribution in [0.5, 0.6) is 5.75 Å². The molecular formula is C24H20F5N3O4. The zero-order valence-electron chi connectivity index (χ0n) is 19.1. The van der Waals surface area contributed by atoms with Crippen LogP contribution < -0.4 is 10.1 Å². The van der Waals surface area contributed by atoms with Crippen molar-refractivity contribution in [2.75, 3.05) is 11.9 Å². The Kier molecular flexibility index (Phi) is 6.46. The molecule has 1 aliphatic carbocycles. The molecular weight excluding hydrogens is 489 g/mol. The first-order valence-electron chi connectivity index (χ1n) is 10.8. The van der Waals surface area contributed by atoms with E-state index in [1.165, 1.54) is 23.1 Å². The van der Waals surface area contributed by atoms with E-state index < -0.39 is 41.0 Å². The maximum Gasteiger partial charge on any atom is 0.573 e. The largest absolute Gasteiger partial charge is 0.573 e. The highest BCUT2D eigenvalue weighted by molar-refractivity contribution is 6.04. The van der Waals surface area contributed by atoms with E-state index in [1.54, 1.807) is 14.0 Å². The Morgan fingerprint density at radius 1 is 1.14 bits per heavy atom. The molecule has 1 heterocycles. The fourth-order valence-electron chi connectivity index (χ4n) is 3.97. The molecule has 2 aromatic carbocycles. The monoisotopic (exact) mass is 509 g/mol. The number of nitrogens with one attached hydrogen (secondary N) is 1. The lowest BCUT2D eigenvalue weighted by Crippen LogP contribution is -2.29. The molecule has 1 saturated carbocycles. The summed E-state index contributed by atoms with van der Waals surface area (Å²) in [7, 11) is 1.62. The summed E-state index contributed by atoms with van der Waals surface area (Å²) in [4.78, 5) is 25.7. The Balaban J connectivity index is 1.64. The van der Waals surface area contributed by atoms with Crippen LogP contribution in [0.15, 0.2) is 42.7 Å². The summed E-state index contributed by atoms with van der Waals surface area (Å²) >= 11 is 0. The topological polar surface area (TPSA) is 82.4 Å². The maximum atomic E-state index is 15.2. The van der Waals surface area contributed by atoms with Gasteiger partial charge in [-0.15, -0.1) is 13.2 Å². The summed E-state index contributed by atoms with van der Waals surface area (Å²) in [5.74, 6) is -4.15. The van der Waals surface area contributed by atoms with Crippen LogP contribution >= 0.6 is 0 Å². The third kappa shape index (κ3) is 5.02. The highest BCUT2D eigenvalue weighted by Gasteiger charge is 2.53. The van der Waals surface area contributed by atoms with Crippen LogP contribution in [0.2, 0.25) is 0 Å². The van der Waals surface area contributed by atoms with Crippen LogP contribution in [0.1, 0.15) is 35.7 Å². The van der Waals surface area contributed by atoms with Crippen molar-refractivity contribution < 1.29 is 41.0 Å². The summed E-state index contributed by atoms with van der Waals surface area (Å²) < 4.78 is 77.3. The predicted octanol–water partition coefficient (Wildman–Crippen LogP) is 5.11. The molecule has 0 radical (unpaired) electrons. The summed E-state index contributed by atoms with van der Waals surface area (Å²) in [6.45, 7) is 1.61. The van der Waals surface area contributed by atoms with Crippen LogP contribution in [0.3, 0.4) is 0 Å². The number of aromatic nitrogens is 2. The molecule has 0 aliphatic heterocycles. The highest BCUT2D eigenvalue weighted by Crippen LogP contribution is 2.50. The van der Waals surface area contributed by atoms with Crippen molar-refractivity contribution in [3.05, 3.63) is 65.5 Å². The van der Waals surface area contributed by atoms with Gasteiger partial charge in [0.2, 0.25) is 5.91 Å². The minimum Gasteiger partial charge on any atom is -0.462 e. The average molecular weight is 509 g/mol. The quantitative estimate of drug-likeness (QED) is 0.354. The number of nitrogens with zero attached hydrogens (tertiary/aromatic N) is 2. The number of benzene rings is 2. The number of aryl methyl sites for hydroxylation is 1. The Labute approximate surface area is 201 Å². The van der Waals surface area contributed by atoms with E-state index in [4.69, 9.17) is 4.74 Å². The third-order valence-electron chi connectivity index (χ3n) is 5.71. The molecule has 4 rings (SSSR count). The average Bonchev–Trinajstić information content (AvgIpc) is 3.47. The summed E-state index contributed by atoms with van der Waals surface area (Å²) in [6, 6.07) is 4.78. The number of carbonyl (C=O) groups excluding carboxylic acids is 2. The lowest BCUT2D eigenvalue weighted by atomic mass is 9.93. The molecule has 7 nitrogen and oxygen atoms in total. The molecule has 1 aromatic heterocycles. The lowest BCUT2D eigenvalue weighted by Gasteiger charge is -2.19. The van der Waals surface area contributed by atoms with Crippen molar-refractivity contribution in [1.82, 2.24) is 9.78 Å². The van der Waals surface area contributed by atoms with Gasteiger partial charge in [0, 0.05) is 41.7 Å². The number of hydrogen-bond acceptors (Lipinski definition) is 5. The maximum absolute atomic E-state index is 15.2. The van der Waals surface area contributed by atoms with Crippen molar-refractivity contribution in [2.24, 2.45) is 7.05 Å². The van der Waals surface area contributed by atoms with Gasteiger partial charge < -0.3 is 14.8 Å². The van der Waals surface area contributed by atoms with Crippen LogP contribution in [0.4, 0.5) is 27.6 Å². The number of esters is 1. The first kappa shape index (κ1) is 25.1. The zero-order chi connectivity index (χ0) is 26.3. The van der Waals surface area contributed by atoms with Gasteiger partial charge in [-0.1, -0.05) is 6.07 Å². The summed E-state index contributed by atoms with van der Waals surface area (Å²) in [5.41, 5.74) is -1.44. The number of hydrogen-bond donors (Lipinski definition) is 1. The van der Waals surface area contributed by atoms with Gasteiger partial charge in [-0.25, -0.2) is 13.6 Å². The van der Waals surface area contributed by atoms with Gasteiger partial charge in [-0.2, -0.15) is 5.10 Å². The van der Waals surface area contributed by atoms with E-state index in [0.29, 0.717) is 11.6 Å². The zero-order valence-corrected chi connectivity index (χ0v) is 19.1. The summed E-state index contributed by atoms with van der Waals surface area (Å²) in [6.07, 6.45) is -1.68. The van der Waals surface area contributed by atoms with E-state index in [2.05, 4.69) is 15.2 Å². The molecule has 1 aliphatic rings. The molecule has 1 N–H and O–H groups in total. The molecule has 36 heavy (non-hydrogen) atoms. The molecule has 1 fully saturated rings. The molecule has 0 spiro atoms. The minimum absolute atomic E-state index is 0.0277.